The van der Waals surface area contributed by atoms with E-state index in [0.29, 0.717) is 24.3 Å². The number of benzene rings is 6. The largest absolute Gasteiger partial charge is 0.425 e. The van der Waals surface area contributed by atoms with Crippen molar-refractivity contribution in [1.82, 2.24) is 0 Å². The first-order valence-electron chi connectivity index (χ1n) is 26.8. The van der Waals surface area contributed by atoms with E-state index in [1.54, 1.807) is 0 Å². The molecule has 0 saturated heterocycles. The van der Waals surface area contributed by atoms with E-state index in [1.807, 2.05) is 0 Å². The third-order valence-electron chi connectivity index (χ3n) is 13.9. The molecule has 0 spiro atoms. The van der Waals surface area contributed by atoms with Gasteiger partial charge in [-0.3, -0.25) is 9.59 Å². The molecule has 0 amide bonds. The maximum absolute atomic E-state index is 13.8. The van der Waals surface area contributed by atoms with Gasteiger partial charge in [0.15, 0.2) is 0 Å². The van der Waals surface area contributed by atoms with Gasteiger partial charge in [-0.25, -0.2) is 0 Å². The minimum absolute atomic E-state index is 0.164. The van der Waals surface area contributed by atoms with Gasteiger partial charge in [0.25, 0.3) is 0 Å². The van der Waals surface area contributed by atoms with Crippen LogP contribution in [0.4, 0.5) is 0 Å². The Morgan fingerprint density at radius 1 is 0.333 bits per heavy atom. The molecule has 4 heteroatoms. The zero-order valence-electron chi connectivity index (χ0n) is 41.5. The summed E-state index contributed by atoms with van der Waals surface area (Å²) in [6.07, 6.45) is 31.2. The number of esters is 2. The Balaban J connectivity index is 1.51. The molecule has 0 heterocycles. The van der Waals surface area contributed by atoms with Crippen LogP contribution in [0.25, 0.3) is 54.2 Å². The average molecular weight is 891 g/mol. The van der Waals surface area contributed by atoms with Crippen molar-refractivity contribution in [2.75, 3.05) is 0 Å². The topological polar surface area (TPSA) is 52.6 Å². The van der Waals surface area contributed by atoms with Crippen LogP contribution >= 0.6 is 0 Å². The number of carbonyl (C=O) groups is 2. The molecule has 0 atom stereocenters. The van der Waals surface area contributed by atoms with E-state index in [0.717, 1.165) is 118 Å². The average Bonchev–Trinajstić information content (AvgIpc) is 3.33. The van der Waals surface area contributed by atoms with E-state index in [2.05, 4.69) is 113 Å². The van der Waals surface area contributed by atoms with Crippen LogP contribution in [0.5, 0.6) is 11.5 Å². The monoisotopic (exact) mass is 891 g/mol. The number of hydrogen-bond acceptors (Lipinski definition) is 4. The molecular weight excluding hydrogens is 809 g/mol. The Labute approximate surface area is 398 Å². The van der Waals surface area contributed by atoms with E-state index in [-0.39, 0.29) is 11.9 Å². The minimum Gasteiger partial charge on any atom is -0.425 e. The smallest absolute Gasteiger partial charge is 0.311 e. The summed E-state index contributed by atoms with van der Waals surface area (Å²) < 4.78 is 13.1. The number of hydrogen-bond donors (Lipinski definition) is 0. The molecule has 0 saturated carbocycles. The van der Waals surface area contributed by atoms with E-state index in [1.165, 1.54) is 114 Å². The molecule has 0 aliphatic heterocycles. The highest BCUT2D eigenvalue weighted by Gasteiger charge is 2.25. The van der Waals surface area contributed by atoms with Crippen LogP contribution < -0.4 is 9.47 Å². The van der Waals surface area contributed by atoms with Crippen molar-refractivity contribution in [3.63, 3.8) is 0 Å². The highest BCUT2D eigenvalue weighted by Crippen LogP contribution is 2.50. The Morgan fingerprint density at radius 3 is 1.00 bits per heavy atom. The Hall–Kier alpha value is -4.70. The third-order valence-corrected chi connectivity index (χ3v) is 13.9. The van der Waals surface area contributed by atoms with E-state index in [9.17, 15) is 9.59 Å². The highest BCUT2D eigenvalue weighted by molar-refractivity contribution is 6.27. The number of rotatable bonds is 31. The van der Waals surface area contributed by atoms with Crippen LogP contribution in [0.1, 0.15) is 206 Å². The van der Waals surface area contributed by atoms with Crippen molar-refractivity contribution >= 4 is 55.0 Å². The van der Waals surface area contributed by atoms with Crippen LogP contribution in [0.2, 0.25) is 0 Å². The summed E-state index contributed by atoms with van der Waals surface area (Å²) in [5, 5.41) is 8.11. The summed E-state index contributed by atoms with van der Waals surface area (Å²) in [6.45, 7) is 9.02. The SMILES string of the molecule is CCCCCCCCC(=O)Oc1c2ccccc2c(-c2c3ccccc3c(OC(=O)CCCCCCCC)c3ccc(CCCCCCCC)cc23)c2cc(CCCCCCCC)ccc12. The summed E-state index contributed by atoms with van der Waals surface area (Å²) in [5.41, 5.74) is 4.89. The molecule has 6 rings (SSSR count). The molecule has 66 heavy (non-hydrogen) atoms. The van der Waals surface area contributed by atoms with Crippen molar-refractivity contribution in [2.45, 2.75) is 207 Å². The summed E-state index contributed by atoms with van der Waals surface area (Å²) in [7, 11) is 0. The van der Waals surface area contributed by atoms with Crippen molar-refractivity contribution in [3.05, 3.63) is 96.1 Å². The Kier molecular flexibility index (Phi) is 21.4. The standard InChI is InChI=1S/C62H82O4/c1-5-9-13-17-21-25-33-47-41-43-53-55(45-47)59(49-35-29-31-37-51(49)61(53)65-57(63)39-27-23-19-15-11-7-3)60-50-36-30-32-38-52(50)62(66-58(64)40-28-24-20-16-12-8-4)54-44-42-48(46-56(54)60)34-26-22-18-14-10-6-2/h29-32,35-38,41-46H,5-28,33-34,39-40H2,1-4H3. The van der Waals surface area contributed by atoms with E-state index < -0.39 is 0 Å². The highest BCUT2D eigenvalue weighted by atomic mass is 16.5. The van der Waals surface area contributed by atoms with Gasteiger partial charge < -0.3 is 9.47 Å². The van der Waals surface area contributed by atoms with Gasteiger partial charge >= 0.3 is 11.9 Å². The summed E-state index contributed by atoms with van der Waals surface area (Å²) in [6, 6.07) is 30.8. The minimum atomic E-state index is -0.164. The van der Waals surface area contributed by atoms with Gasteiger partial charge in [0.1, 0.15) is 11.5 Å². The van der Waals surface area contributed by atoms with Crippen molar-refractivity contribution in [3.8, 4) is 22.6 Å². The Morgan fingerprint density at radius 2 is 0.636 bits per heavy atom. The first-order valence-corrected chi connectivity index (χ1v) is 26.8. The fraction of sp³-hybridized carbons (Fsp3) is 0.516. The zero-order chi connectivity index (χ0) is 46.4. The van der Waals surface area contributed by atoms with Gasteiger partial charge in [-0.15, -0.1) is 0 Å². The van der Waals surface area contributed by atoms with Crippen LogP contribution in [0.15, 0.2) is 84.9 Å². The van der Waals surface area contributed by atoms with Gasteiger partial charge in [-0.2, -0.15) is 0 Å². The molecule has 0 bridgehead atoms. The summed E-state index contributed by atoms with van der Waals surface area (Å²) >= 11 is 0. The number of ether oxygens (including phenoxy) is 2. The second-order valence-corrected chi connectivity index (χ2v) is 19.3. The third kappa shape index (κ3) is 14.2. The summed E-state index contributed by atoms with van der Waals surface area (Å²) in [5.74, 6) is 0.986. The van der Waals surface area contributed by atoms with E-state index in [4.69, 9.17) is 9.47 Å². The molecule has 0 radical (unpaired) electrons. The number of carbonyl (C=O) groups excluding carboxylic acids is 2. The predicted octanol–water partition coefficient (Wildman–Crippen LogP) is 19.1. The molecule has 6 aromatic carbocycles. The molecule has 0 aromatic heterocycles. The molecular formula is C62H82O4. The van der Waals surface area contributed by atoms with Crippen molar-refractivity contribution in [1.29, 1.82) is 0 Å². The predicted molar refractivity (Wildman–Crippen MR) is 283 cm³/mol. The molecule has 0 N–H and O–H groups in total. The molecule has 6 aromatic rings. The maximum Gasteiger partial charge on any atom is 0.311 e. The molecule has 0 aliphatic rings. The quantitative estimate of drug-likeness (QED) is 0.0189. The van der Waals surface area contributed by atoms with Crippen LogP contribution in [-0.4, -0.2) is 11.9 Å². The molecule has 354 valence electrons. The van der Waals surface area contributed by atoms with Crippen LogP contribution in [0.3, 0.4) is 0 Å². The lowest BCUT2D eigenvalue weighted by Gasteiger charge is -2.22. The van der Waals surface area contributed by atoms with Gasteiger partial charge in [0.2, 0.25) is 0 Å². The first-order chi connectivity index (χ1) is 32.5. The number of unbranched alkanes of at least 4 members (excludes halogenated alkanes) is 20. The maximum atomic E-state index is 13.8. The van der Waals surface area contributed by atoms with Gasteiger partial charge in [0.05, 0.1) is 0 Å². The molecule has 0 unspecified atom stereocenters. The second kappa shape index (κ2) is 27.8. The van der Waals surface area contributed by atoms with Gasteiger partial charge in [-0.05, 0) is 82.3 Å². The van der Waals surface area contributed by atoms with Crippen LogP contribution in [0, 0.1) is 0 Å². The first kappa shape index (κ1) is 50.7. The lowest BCUT2D eigenvalue weighted by Crippen LogP contribution is -2.09. The van der Waals surface area contributed by atoms with Crippen molar-refractivity contribution in [2.24, 2.45) is 0 Å². The van der Waals surface area contributed by atoms with Crippen LogP contribution in [-0.2, 0) is 22.4 Å². The second-order valence-electron chi connectivity index (χ2n) is 19.3. The zero-order valence-corrected chi connectivity index (χ0v) is 41.5. The normalized spacial score (nSPS) is 11.6. The number of aryl methyl sites for hydroxylation is 2. The lowest BCUT2D eigenvalue weighted by molar-refractivity contribution is -0.135. The molecule has 0 aliphatic carbocycles. The van der Waals surface area contributed by atoms with Gasteiger partial charge in [-0.1, -0.05) is 241 Å². The number of fused-ring (bicyclic) bond motifs is 4. The molecule has 4 nitrogen and oxygen atoms in total. The lowest BCUT2D eigenvalue weighted by atomic mass is 9.84. The Bertz CT molecular complexity index is 2270. The molecule has 0 fully saturated rings. The van der Waals surface area contributed by atoms with Gasteiger partial charge in [0, 0.05) is 34.4 Å². The fourth-order valence-electron chi connectivity index (χ4n) is 10.1. The van der Waals surface area contributed by atoms with Crippen molar-refractivity contribution < 1.29 is 19.1 Å². The summed E-state index contributed by atoms with van der Waals surface area (Å²) in [4.78, 5) is 27.6. The fourth-order valence-corrected chi connectivity index (χ4v) is 10.1. The van der Waals surface area contributed by atoms with E-state index >= 15 is 0 Å².